The fourth-order valence-corrected chi connectivity index (χ4v) is 4.45. The van der Waals surface area contributed by atoms with Crippen LogP contribution in [0.4, 0.5) is 10.5 Å². The molecule has 0 radical (unpaired) electrons. The van der Waals surface area contributed by atoms with Gasteiger partial charge in [-0.1, -0.05) is 73.7 Å². The Morgan fingerprint density at radius 3 is 2.38 bits per heavy atom. The molecule has 1 N–H and O–H groups in total. The highest BCUT2D eigenvalue weighted by atomic mass is 16.5. The molecule has 0 saturated carbocycles. The van der Waals surface area contributed by atoms with Crippen molar-refractivity contribution in [3.05, 3.63) is 113 Å². The largest absolute Gasteiger partial charge is 0.488 e. The maximum absolute atomic E-state index is 13.3. The van der Waals surface area contributed by atoms with Gasteiger partial charge in [-0.2, -0.15) is 0 Å². The normalized spacial score (nSPS) is 14.8. The molecule has 5 rings (SSSR count). The standard InChI is InChI=1S/C31H26N2O4/c1-3-21-13-16-24(17-14-21)33-30(35)26(29(34)32-31(33)36)18-23-9-5-7-11-28(23)37-19-27-20(2)12-15-22-8-4-6-10-25(22)27/h4-18H,3,19H2,1-2H3,(H,32,34,36)/b26-18+. The summed E-state index contributed by atoms with van der Waals surface area (Å²) < 4.78 is 6.21. The second-order valence-electron chi connectivity index (χ2n) is 8.89. The Morgan fingerprint density at radius 2 is 1.59 bits per heavy atom. The zero-order valence-corrected chi connectivity index (χ0v) is 20.7. The molecule has 1 heterocycles. The monoisotopic (exact) mass is 490 g/mol. The lowest BCUT2D eigenvalue weighted by Gasteiger charge is -2.26. The number of amides is 4. The van der Waals surface area contributed by atoms with Crippen molar-refractivity contribution in [2.75, 3.05) is 4.90 Å². The van der Waals surface area contributed by atoms with E-state index in [0.717, 1.165) is 38.8 Å². The number of carbonyl (C=O) groups excluding carboxylic acids is 3. The molecule has 1 aliphatic heterocycles. The van der Waals surface area contributed by atoms with Crippen LogP contribution in [0.5, 0.6) is 5.75 Å². The van der Waals surface area contributed by atoms with E-state index >= 15 is 0 Å². The van der Waals surface area contributed by atoms with Gasteiger partial charge in [0.25, 0.3) is 11.8 Å². The number of hydrogen-bond donors (Lipinski definition) is 1. The van der Waals surface area contributed by atoms with Crippen LogP contribution in [0.25, 0.3) is 16.8 Å². The topological polar surface area (TPSA) is 75.7 Å². The Bertz CT molecular complexity index is 1550. The molecular weight excluding hydrogens is 464 g/mol. The van der Waals surface area contributed by atoms with Gasteiger partial charge < -0.3 is 4.74 Å². The number of carbonyl (C=O) groups is 3. The van der Waals surface area contributed by atoms with E-state index in [1.54, 1.807) is 30.3 Å². The van der Waals surface area contributed by atoms with Crippen LogP contribution in [0.3, 0.4) is 0 Å². The Hall–Kier alpha value is -4.71. The van der Waals surface area contributed by atoms with E-state index in [-0.39, 0.29) is 5.57 Å². The van der Waals surface area contributed by atoms with E-state index < -0.39 is 17.8 Å². The van der Waals surface area contributed by atoms with E-state index in [4.69, 9.17) is 4.74 Å². The molecule has 4 aromatic carbocycles. The van der Waals surface area contributed by atoms with Gasteiger partial charge in [-0.3, -0.25) is 14.9 Å². The molecule has 4 amide bonds. The second-order valence-corrected chi connectivity index (χ2v) is 8.89. The molecule has 1 aliphatic rings. The summed E-state index contributed by atoms with van der Waals surface area (Å²) in [4.78, 5) is 39.5. The highest BCUT2D eigenvalue weighted by Crippen LogP contribution is 2.28. The van der Waals surface area contributed by atoms with Crippen LogP contribution < -0.4 is 15.0 Å². The minimum absolute atomic E-state index is 0.142. The minimum atomic E-state index is -0.771. The molecule has 6 heteroatoms. The molecule has 0 aliphatic carbocycles. The molecule has 0 spiro atoms. The van der Waals surface area contributed by atoms with Crippen LogP contribution >= 0.6 is 0 Å². The third kappa shape index (κ3) is 4.74. The molecule has 1 fully saturated rings. The molecule has 0 unspecified atom stereocenters. The van der Waals surface area contributed by atoms with Crippen LogP contribution in [-0.4, -0.2) is 17.8 Å². The molecule has 0 aromatic heterocycles. The minimum Gasteiger partial charge on any atom is -0.488 e. The maximum Gasteiger partial charge on any atom is 0.335 e. The van der Waals surface area contributed by atoms with Crippen molar-refractivity contribution >= 4 is 40.4 Å². The Balaban J connectivity index is 1.46. The van der Waals surface area contributed by atoms with Gasteiger partial charge >= 0.3 is 6.03 Å². The predicted molar refractivity (Wildman–Crippen MR) is 144 cm³/mol. The lowest BCUT2D eigenvalue weighted by atomic mass is 10.0. The number of nitrogens with zero attached hydrogens (tertiary/aromatic N) is 1. The smallest absolute Gasteiger partial charge is 0.335 e. The number of ether oxygens (including phenoxy) is 1. The van der Waals surface area contributed by atoms with Crippen LogP contribution in [-0.2, 0) is 22.6 Å². The third-order valence-corrected chi connectivity index (χ3v) is 6.57. The second kappa shape index (κ2) is 10.1. The summed E-state index contributed by atoms with van der Waals surface area (Å²) in [6.07, 6.45) is 2.31. The number of rotatable bonds is 6. The van der Waals surface area contributed by atoms with Crippen molar-refractivity contribution in [2.45, 2.75) is 26.9 Å². The first kappa shape index (κ1) is 24.0. The zero-order valence-electron chi connectivity index (χ0n) is 20.7. The first-order valence-corrected chi connectivity index (χ1v) is 12.2. The van der Waals surface area contributed by atoms with Gasteiger partial charge in [0.1, 0.15) is 17.9 Å². The van der Waals surface area contributed by atoms with Gasteiger partial charge in [0, 0.05) is 11.1 Å². The first-order valence-electron chi connectivity index (χ1n) is 12.2. The number of benzene rings is 4. The summed E-state index contributed by atoms with van der Waals surface area (Å²) in [6.45, 7) is 4.39. The summed E-state index contributed by atoms with van der Waals surface area (Å²) in [5.74, 6) is -0.896. The quantitative estimate of drug-likeness (QED) is 0.267. The first-order chi connectivity index (χ1) is 18.0. The Kier molecular flexibility index (Phi) is 6.56. The fourth-order valence-electron chi connectivity index (χ4n) is 4.45. The molecule has 0 atom stereocenters. The van der Waals surface area contributed by atoms with Crippen molar-refractivity contribution in [1.82, 2.24) is 5.32 Å². The van der Waals surface area contributed by atoms with Crippen molar-refractivity contribution in [3.8, 4) is 5.75 Å². The van der Waals surface area contributed by atoms with Crippen molar-refractivity contribution in [1.29, 1.82) is 0 Å². The third-order valence-electron chi connectivity index (χ3n) is 6.57. The summed E-state index contributed by atoms with van der Waals surface area (Å²) in [5.41, 5.74) is 4.08. The molecule has 6 nitrogen and oxygen atoms in total. The number of aryl methyl sites for hydroxylation is 2. The average Bonchev–Trinajstić information content (AvgIpc) is 2.91. The maximum atomic E-state index is 13.3. The van der Waals surface area contributed by atoms with Gasteiger partial charge in [0.2, 0.25) is 0 Å². The highest BCUT2D eigenvalue weighted by molar-refractivity contribution is 6.39. The van der Waals surface area contributed by atoms with Gasteiger partial charge in [-0.05, 0) is 59.5 Å². The summed E-state index contributed by atoms with van der Waals surface area (Å²) >= 11 is 0. The van der Waals surface area contributed by atoms with Crippen molar-refractivity contribution in [2.24, 2.45) is 0 Å². The van der Waals surface area contributed by atoms with Gasteiger partial charge in [0.05, 0.1) is 5.69 Å². The highest BCUT2D eigenvalue weighted by Gasteiger charge is 2.37. The van der Waals surface area contributed by atoms with Crippen LogP contribution in [0.15, 0.2) is 90.5 Å². The lowest BCUT2D eigenvalue weighted by molar-refractivity contribution is -0.122. The van der Waals surface area contributed by atoms with E-state index in [9.17, 15) is 14.4 Å². The SMILES string of the molecule is CCc1ccc(N2C(=O)NC(=O)/C(=C\c3ccccc3OCc3c(C)ccc4ccccc34)C2=O)cc1. The van der Waals surface area contributed by atoms with E-state index in [2.05, 4.69) is 29.6 Å². The van der Waals surface area contributed by atoms with Gasteiger partial charge in [-0.25, -0.2) is 9.69 Å². The van der Waals surface area contributed by atoms with Crippen LogP contribution in [0.2, 0.25) is 0 Å². The molecule has 37 heavy (non-hydrogen) atoms. The van der Waals surface area contributed by atoms with Crippen molar-refractivity contribution in [3.63, 3.8) is 0 Å². The summed E-state index contributed by atoms with van der Waals surface area (Å²) in [5, 5.41) is 4.52. The number of barbiturate groups is 1. The summed E-state index contributed by atoms with van der Waals surface area (Å²) in [6, 6.07) is 25.8. The molecule has 0 bridgehead atoms. The molecular formula is C31H26N2O4. The molecule has 1 saturated heterocycles. The zero-order chi connectivity index (χ0) is 25.9. The molecule has 4 aromatic rings. The number of hydrogen-bond acceptors (Lipinski definition) is 4. The van der Waals surface area contributed by atoms with Crippen molar-refractivity contribution < 1.29 is 19.1 Å². The van der Waals surface area contributed by atoms with E-state index in [0.29, 0.717) is 23.6 Å². The Labute approximate surface area is 215 Å². The Morgan fingerprint density at radius 1 is 0.865 bits per heavy atom. The predicted octanol–water partition coefficient (Wildman–Crippen LogP) is 5.96. The van der Waals surface area contributed by atoms with Crippen LogP contribution in [0, 0.1) is 6.92 Å². The van der Waals surface area contributed by atoms with Gasteiger partial charge in [-0.15, -0.1) is 0 Å². The number of fused-ring (bicyclic) bond motifs is 1. The number of imide groups is 2. The van der Waals surface area contributed by atoms with E-state index in [1.165, 1.54) is 6.08 Å². The average molecular weight is 491 g/mol. The number of nitrogens with one attached hydrogen (secondary N) is 1. The summed E-state index contributed by atoms with van der Waals surface area (Å²) in [7, 11) is 0. The fraction of sp³-hybridized carbons (Fsp3) is 0.129. The van der Waals surface area contributed by atoms with Crippen LogP contribution in [0.1, 0.15) is 29.2 Å². The van der Waals surface area contributed by atoms with Gasteiger partial charge in [0.15, 0.2) is 0 Å². The number of para-hydroxylation sites is 1. The van der Waals surface area contributed by atoms with E-state index in [1.807, 2.05) is 44.2 Å². The molecule has 184 valence electrons. The lowest BCUT2D eigenvalue weighted by Crippen LogP contribution is -2.54. The number of anilines is 1. The number of urea groups is 1.